The molecule has 12 rings (SSSR count). The highest BCUT2D eigenvalue weighted by molar-refractivity contribution is 7.16. The van der Waals surface area contributed by atoms with E-state index in [1.165, 1.54) is 40.9 Å². The molecule has 494 valence electrons. The first-order valence-electron chi connectivity index (χ1n) is 32.4. The standard InChI is InChI=1S/C73H71F2N9O9S3/c1-41-9-11-42(12-10-41)38-59-79-82-70(94-59)76-64(85)52-27-17-46(18-28-52)44-13-23-50(24-14-44)62(67(88)89)73(69(92)93,56-35-33-49(34-36-56)48-21-31-54(32-22-48)65(86)77-71-83-80-60(95-71)39-43-5-4-7-57(74)37-43)63(68(90)91)51-25-15-45(16-26-51)47-19-29-53(30-20-47)66(87)78-72-84-81-61(96-72)40-55-6-2-3-8-58(55)75/h2-12,17-22,27-32,37,44-45,49-51,56,62-63H,13-16,23-26,33-36,38-40H2,1H3,(H,88,89)(H,90,91)(H,92,93)(H,76,82,85)(H,77,83,86)(H,78,84,87). The van der Waals surface area contributed by atoms with Crippen LogP contribution in [0.2, 0.25) is 0 Å². The van der Waals surface area contributed by atoms with Crippen LogP contribution in [0.25, 0.3) is 0 Å². The molecule has 3 heterocycles. The predicted octanol–water partition coefficient (Wildman–Crippen LogP) is 15.1. The van der Waals surface area contributed by atoms with Gasteiger partial charge in [-0.2, -0.15) is 0 Å². The third-order valence-corrected chi connectivity index (χ3v) is 22.4. The number of nitrogens with one attached hydrogen (secondary N) is 3. The molecule has 0 aliphatic heterocycles. The molecule has 3 aliphatic rings. The number of aromatic nitrogens is 6. The van der Waals surface area contributed by atoms with Crippen LogP contribution in [0.15, 0.2) is 146 Å². The first-order valence-corrected chi connectivity index (χ1v) is 34.8. The molecular formula is C73H71F2N9O9S3. The summed E-state index contributed by atoms with van der Waals surface area (Å²) >= 11 is 3.64. The molecule has 0 radical (unpaired) electrons. The Labute approximate surface area is 565 Å². The lowest BCUT2D eigenvalue weighted by atomic mass is 9.48. The predicted molar refractivity (Wildman–Crippen MR) is 362 cm³/mol. The third-order valence-electron chi connectivity index (χ3n) is 19.8. The number of aliphatic carboxylic acids is 3. The number of anilines is 3. The summed E-state index contributed by atoms with van der Waals surface area (Å²) in [5, 5.41) is 71.7. The van der Waals surface area contributed by atoms with Crippen LogP contribution < -0.4 is 16.0 Å². The fourth-order valence-corrected chi connectivity index (χ4v) is 17.4. The summed E-state index contributed by atoms with van der Waals surface area (Å²) in [6.07, 6.45) is 5.98. The fraction of sp³-hybridized carbons (Fsp3) is 0.342. The average Bonchev–Trinajstić information content (AvgIpc) is 0.955. The van der Waals surface area contributed by atoms with Crippen LogP contribution in [0.4, 0.5) is 24.2 Å². The van der Waals surface area contributed by atoms with Crippen LogP contribution in [-0.2, 0) is 33.6 Å². The maximum atomic E-state index is 14.8. The second-order valence-electron chi connectivity index (χ2n) is 25.6. The molecule has 3 saturated carbocycles. The van der Waals surface area contributed by atoms with Crippen LogP contribution >= 0.6 is 34.0 Å². The van der Waals surface area contributed by atoms with E-state index in [0.717, 1.165) is 49.7 Å². The normalized spacial score (nSPS) is 20.0. The fourth-order valence-electron chi connectivity index (χ4n) is 15.1. The van der Waals surface area contributed by atoms with Gasteiger partial charge in [0.05, 0.1) is 17.3 Å². The Kier molecular flexibility index (Phi) is 20.7. The van der Waals surface area contributed by atoms with E-state index in [-0.39, 0.29) is 64.8 Å². The van der Waals surface area contributed by atoms with Crippen molar-refractivity contribution in [2.24, 2.45) is 35.0 Å². The van der Waals surface area contributed by atoms with Crippen molar-refractivity contribution < 1.29 is 52.9 Å². The number of aryl methyl sites for hydroxylation is 1. The highest BCUT2D eigenvalue weighted by atomic mass is 32.1. The van der Waals surface area contributed by atoms with Crippen LogP contribution in [-0.4, -0.2) is 81.5 Å². The number of carbonyl (C=O) groups is 6. The summed E-state index contributed by atoms with van der Waals surface area (Å²) in [6.45, 7) is 2.02. The van der Waals surface area contributed by atoms with Gasteiger partial charge in [0.25, 0.3) is 17.7 Å². The zero-order valence-corrected chi connectivity index (χ0v) is 55.0. The summed E-state index contributed by atoms with van der Waals surface area (Å²) in [5.74, 6) is -11.3. The molecule has 9 aromatic rings. The van der Waals surface area contributed by atoms with Crippen molar-refractivity contribution in [1.82, 2.24) is 30.6 Å². The molecule has 6 aromatic carbocycles. The molecule has 0 spiro atoms. The Morgan fingerprint density at radius 2 is 0.854 bits per heavy atom. The van der Waals surface area contributed by atoms with E-state index in [1.54, 1.807) is 66.7 Å². The molecule has 0 saturated heterocycles. The molecule has 6 N–H and O–H groups in total. The lowest BCUT2D eigenvalue weighted by Crippen LogP contribution is -2.60. The van der Waals surface area contributed by atoms with Crippen molar-refractivity contribution in [3.63, 3.8) is 0 Å². The third kappa shape index (κ3) is 15.3. The molecule has 3 aromatic heterocycles. The van der Waals surface area contributed by atoms with Crippen molar-refractivity contribution in [2.45, 2.75) is 121 Å². The van der Waals surface area contributed by atoms with Crippen molar-refractivity contribution in [3.05, 3.63) is 228 Å². The van der Waals surface area contributed by atoms with Gasteiger partial charge >= 0.3 is 17.9 Å². The molecule has 18 nitrogen and oxygen atoms in total. The molecule has 3 amide bonds. The highest BCUT2D eigenvalue weighted by Crippen LogP contribution is 2.60. The van der Waals surface area contributed by atoms with Gasteiger partial charge in [0, 0.05) is 36.0 Å². The maximum Gasteiger partial charge on any atom is 0.311 e. The lowest BCUT2D eigenvalue weighted by molar-refractivity contribution is -0.192. The van der Waals surface area contributed by atoms with E-state index in [1.807, 2.05) is 67.6 Å². The SMILES string of the molecule is Cc1ccc(Cc2nnc(NC(=O)c3ccc(C4CCC(C(C(=O)O)C(C(=O)O)(C5CCC(c6ccc(C(=O)Nc7nnc(Cc8cccc(F)c8)s7)cc6)CC5)C(C(=O)O)C5CCC(c6ccc(C(=O)Nc7nnc(Cc8ccccc8F)s7)cc6)CC5)CC4)cc3)s2)cc1. The van der Waals surface area contributed by atoms with E-state index in [0.29, 0.717) is 114 Å². The smallest absolute Gasteiger partial charge is 0.311 e. The number of hydrogen-bond acceptors (Lipinski definition) is 15. The summed E-state index contributed by atoms with van der Waals surface area (Å²) in [5.41, 5.74) is 5.15. The molecular weight excluding hydrogens is 1280 g/mol. The molecule has 3 unspecified atom stereocenters. The zero-order valence-electron chi connectivity index (χ0n) is 52.5. The minimum absolute atomic E-state index is 0.0291. The van der Waals surface area contributed by atoms with E-state index in [4.69, 9.17) is 0 Å². The molecule has 96 heavy (non-hydrogen) atoms. The highest BCUT2D eigenvalue weighted by Gasteiger charge is 2.65. The topological polar surface area (TPSA) is 277 Å². The van der Waals surface area contributed by atoms with Gasteiger partial charge in [-0.1, -0.05) is 131 Å². The van der Waals surface area contributed by atoms with Crippen molar-refractivity contribution in [3.8, 4) is 0 Å². The average molecular weight is 1350 g/mol. The summed E-state index contributed by atoms with van der Waals surface area (Å²) < 4.78 is 28.2. The molecule has 3 fully saturated rings. The Bertz CT molecular complexity index is 4260. The number of carbonyl (C=O) groups excluding carboxylic acids is 3. The van der Waals surface area contributed by atoms with Crippen molar-refractivity contribution in [2.75, 3.05) is 16.0 Å². The quantitative estimate of drug-likeness (QED) is 0.0347. The number of amides is 3. The van der Waals surface area contributed by atoms with E-state index < -0.39 is 64.7 Å². The Morgan fingerprint density at radius 3 is 1.25 bits per heavy atom. The second kappa shape index (κ2) is 29.8. The maximum absolute atomic E-state index is 14.8. The largest absolute Gasteiger partial charge is 0.481 e. The number of rotatable bonds is 23. The molecule has 3 atom stereocenters. The van der Waals surface area contributed by atoms with Crippen LogP contribution in [0, 0.1) is 53.6 Å². The van der Waals surface area contributed by atoms with Crippen molar-refractivity contribution in [1.29, 1.82) is 0 Å². The monoisotopic (exact) mass is 1350 g/mol. The summed E-state index contributed by atoms with van der Waals surface area (Å²) in [6, 6.07) is 42.3. The first-order chi connectivity index (χ1) is 46.4. The van der Waals surface area contributed by atoms with Crippen LogP contribution in [0.5, 0.6) is 0 Å². The van der Waals surface area contributed by atoms with Gasteiger partial charge in [0.1, 0.15) is 26.7 Å². The Hall–Kier alpha value is -9.32. The van der Waals surface area contributed by atoms with Crippen LogP contribution in [0.3, 0.4) is 0 Å². The van der Waals surface area contributed by atoms with E-state index in [9.17, 15) is 52.9 Å². The Morgan fingerprint density at radius 1 is 0.458 bits per heavy atom. The summed E-state index contributed by atoms with van der Waals surface area (Å²) in [7, 11) is 0. The minimum atomic E-state index is -2.20. The van der Waals surface area contributed by atoms with Gasteiger partial charge in [-0.3, -0.25) is 44.7 Å². The van der Waals surface area contributed by atoms with Crippen LogP contribution in [0.1, 0.15) is 180 Å². The Balaban J connectivity index is 0.737. The first kappa shape index (κ1) is 66.7. The number of carboxylic acids is 3. The molecule has 23 heteroatoms. The van der Waals surface area contributed by atoms with Gasteiger partial charge in [0.2, 0.25) is 15.4 Å². The van der Waals surface area contributed by atoms with Gasteiger partial charge in [-0.05, 0) is 207 Å². The minimum Gasteiger partial charge on any atom is -0.481 e. The number of halogens is 2. The number of nitrogens with zero attached hydrogens (tertiary/aromatic N) is 6. The number of hydrogen-bond donors (Lipinski definition) is 6. The number of carboxylic acid groups (broad SMARTS) is 3. The molecule has 0 bridgehead atoms. The summed E-state index contributed by atoms with van der Waals surface area (Å²) in [4.78, 5) is 83.9. The van der Waals surface area contributed by atoms with E-state index >= 15 is 0 Å². The zero-order chi connectivity index (χ0) is 67.0. The second-order valence-corrected chi connectivity index (χ2v) is 28.8. The van der Waals surface area contributed by atoms with Gasteiger partial charge < -0.3 is 15.3 Å². The van der Waals surface area contributed by atoms with E-state index in [2.05, 4.69) is 46.5 Å². The van der Waals surface area contributed by atoms with Crippen molar-refractivity contribution >= 4 is 85.0 Å². The molecule has 3 aliphatic carbocycles. The van der Waals surface area contributed by atoms with Gasteiger partial charge in [-0.15, -0.1) is 30.6 Å². The van der Waals surface area contributed by atoms with Gasteiger partial charge in [-0.25, -0.2) is 8.78 Å². The lowest BCUT2D eigenvalue weighted by Gasteiger charge is -2.52. The number of benzene rings is 6. The van der Waals surface area contributed by atoms with Gasteiger partial charge in [0.15, 0.2) is 0 Å².